The van der Waals surface area contributed by atoms with Crippen LogP contribution in [-0.4, -0.2) is 29.4 Å². The van der Waals surface area contributed by atoms with Gasteiger partial charge in [-0.3, -0.25) is 19.7 Å². The lowest BCUT2D eigenvalue weighted by molar-refractivity contribution is -0.138. The fourth-order valence-electron chi connectivity index (χ4n) is 4.24. The Labute approximate surface area is 180 Å². The fourth-order valence-corrected chi connectivity index (χ4v) is 4.24. The lowest BCUT2D eigenvalue weighted by atomic mass is 9.72. The first-order valence-electron chi connectivity index (χ1n) is 10.3. The minimum Gasteiger partial charge on any atom is -0.497 e. The summed E-state index contributed by atoms with van der Waals surface area (Å²) in [4.78, 5) is 36.7. The Morgan fingerprint density at radius 1 is 1.16 bits per heavy atom. The van der Waals surface area contributed by atoms with Crippen molar-refractivity contribution in [2.75, 3.05) is 12.4 Å². The van der Waals surface area contributed by atoms with Crippen molar-refractivity contribution < 1.29 is 19.1 Å². The summed E-state index contributed by atoms with van der Waals surface area (Å²) in [6, 6.07) is 15.0. The number of hydrogen-bond acceptors (Lipinski definition) is 4. The predicted octanol–water partition coefficient (Wildman–Crippen LogP) is 3.37. The van der Waals surface area contributed by atoms with E-state index in [9.17, 15) is 14.4 Å². The van der Waals surface area contributed by atoms with Crippen molar-refractivity contribution in [1.82, 2.24) is 9.88 Å². The number of anilines is 1. The zero-order valence-electron chi connectivity index (χ0n) is 17.6. The summed E-state index contributed by atoms with van der Waals surface area (Å²) in [6.45, 7) is 2.13. The molecule has 0 radical (unpaired) electrons. The number of piperidine rings is 1. The van der Waals surface area contributed by atoms with Gasteiger partial charge in [-0.15, -0.1) is 0 Å². The molecule has 160 valence electrons. The first-order valence-corrected chi connectivity index (χ1v) is 10.3. The van der Waals surface area contributed by atoms with Gasteiger partial charge in [-0.1, -0.05) is 19.1 Å². The van der Waals surface area contributed by atoms with Crippen LogP contribution in [0.1, 0.15) is 31.7 Å². The Kier molecular flexibility index (Phi) is 5.50. The molecular formula is C24H25N3O4. The molecule has 1 saturated heterocycles. The molecule has 1 atom stereocenters. The number of imide groups is 1. The van der Waals surface area contributed by atoms with Crippen LogP contribution in [0.2, 0.25) is 0 Å². The van der Waals surface area contributed by atoms with Crippen LogP contribution in [0.15, 0.2) is 54.7 Å². The number of benzene rings is 2. The quantitative estimate of drug-likeness (QED) is 0.600. The summed E-state index contributed by atoms with van der Waals surface area (Å²) in [6.07, 6.45) is 3.30. The van der Waals surface area contributed by atoms with Gasteiger partial charge in [-0.05, 0) is 54.8 Å². The minimum atomic E-state index is -0.707. The van der Waals surface area contributed by atoms with Crippen molar-refractivity contribution in [2.24, 2.45) is 0 Å². The van der Waals surface area contributed by atoms with Crippen molar-refractivity contribution in [1.29, 1.82) is 0 Å². The Bertz CT molecular complexity index is 1150. The maximum Gasteiger partial charge on any atom is 0.244 e. The second-order valence-electron chi connectivity index (χ2n) is 7.81. The van der Waals surface area contributed by atoms with Crippen LogP contribution in [-0.2, 0) is 26.3 Å². The van der Waals surface area contributed by atoms with Gasteiger partial charge in [0.2, 0.25) is 17.7 Å². The number of carbonyl (C=O) groups is 3. The predicted molar refractivity (Wildman–Crippen MR) is 118 cm³/mol. The lowest BCUT2D eigenvalue weighted by Crippen LogP contribution is -2.51. The van der Waals surface area contributed by atoms with Gasteiger partial charge in [0.15, 0.2) is 0 Å². The molecule has 0 spiro atoms. The summed E-state index contributed by atoms with van der Waals surface area (Å²) in [5, 5.41) is 6.37. The van der Waals surface area contributed by atoms with Gasteiger partial charge >= 0.3 is 0 Å². The summed E-state index contributed by atoms with van der Waals surface area (Å²) in [5.41, 5.74) is 1.75. The van der Waals surface area contributed by atoms with Crippen molar-refractivity contribution >= 4 is 34.3 Å². The van der Waals surface area contributed by atoms with Gasteiger partial charge in [0, 0.05) is 29.2 Å². The van der Waals surface area contributed by atoms with E-state index in [2.05, 4.69) is 10.6 Å². The Hall–Kier alpha value is -3.61. The number of methoxy groups -OCH3 is 1. The molecule has 2 N–H and O–H groups in total. The van der Waals surface area contributed by atoms with Crippen LogP contribution in [0.25, 0.3) is 10.9 Å². The normalized spacial score (nSPS) is 18.6. The van der Waals surface area contributed by atoms with E-state index in [0.717, 1.165) is 22.2 Å². The molecule has 1 aliphatic heterocycles. The number of nitrogens with one attached hydrogen (secondary N) is 2. The van der Waals surface area contributed by atoms with Gasteiger partial charge in [0.05, 0.1) is 12.5 Å². The number of hydrogen-bond donors (Lipinski definition) is 2. The molecular weight excluding hydrogens is 394 g/mol. The van der Waals surface area contributed by atoms with Crippen molar-refractivity contribution in [3.63, 3.8) is 0 Å². The van der Waals surface area contributed by atoms with Gasteiger partial charge in [0.1, 0.15) is 12.3 Å². The van der Waals surface area contributed by atoms with E-state index in [-0.39, 0.29) is 24.3 Å². The average molecular weight is 419 g/mol. The van der Waals surface area contributed by atoms with E-state index in [1.165, 1.54) is 0 Å². The highest BCUT2D eigenvalue weighted by Gasteiger charge is 2.42. The zero-order valence-corrected chi connectivity index (χ0v) is 17.6. The maximum atomic E-state index is 12.6. The molecule has 7 heteroatoms. The first-order chi connectivity index (χ1) is 14.9. The standard InChI is InChI=1S/C24H25N3O4/c1-3-24(12-10-21(28)26-23(24)30)17-4-6-18(7-5-17)25-22(29)15-27-13-11-16-14-19(31-2)8-9-20(16)27/h4-9,11,13-14H,3,10,12,15H2,1-2H3,(H,25,29)(H,26,28,30). The molecule has 0 aliphatic carbocycles. The number of nitrogens with zero attached hydrogens (tertiary/aromatic N) is 1. The third-order valence-corrected chi connectivity index (χ3v) is 6.08. The maximum absolute atomic E-state index is 12.6. The van der Waals surface area contributed by atoms with Crippen molar-refractivity contribution in [3.8, 4) is 5.75 Å². The van der Waals surface area contributed by atoms with Crippen LogP contribution in [0.4, 0.5) is 5.69 Å². The number of aromatic nitrogens is 1. The molecule has 1 unspecified atom stereocenters. The summed E-state index contributed by atoms with van der Waals surface area (Å²) in [7, 11) is 1.62. The van der Waals surface area contributed by atoms with E-state index in [1.807, 2.05) is 54.1 Å². The fraction of sp³-hybridized carbons (Fsp3) is 0.292. The molecule has 0 bridgehead atoms. The highest BCUT2D eigenvalue weighted by atomic mass is 16.5. The topological polar surface area (TPSA) is 89.4 Å². The van der Waals surface area contributed by atoms with Crippen LogP contribution in [0, 0.1) is 0 Å². The van der Waals surface area contributed by atoms with Crippen LogP contribution in [0.5, 0.6) is 5.75 Å². The molecule has 1 aliphatic rings. The monoisotopic (exact) mass is 419 g/mol. The second-order valence-corrected chi connectivity index (χ2v) is 7.81. The molecule has 7 nitrogen and oxygen atoms in total. The molecule has 31 heavy (non-hydrogen) atoms. The van der Waals surface area contributed by atoms with Crippen molar-refractivity contribution in [2.45, 2.75) is 38.1 Å². The van der Waals surface area contributed by atoms with E-state index in [1.54, 1.807) is 19.2 Å². The molecule has 1 fully saturated rings. The Balaban J connectivity index is 1.46. The number of fused-ring (bicyclic) bond motifs is 1. The van der Waals surface area contributed by atoms with Crippen LogP contribution in [0.3, 0.4) is 0 Å². The van der Waals surface area contributed by atoms with Crippen LogP contribution >= 0.6 is 0 Å². The molecule has 0 saturated carbocycles. The third kappa shape index (κ3) is 3.91. The minimum absolute atomic E-state index is 0.146. The number of ether oxygens (including phenoxy) is 1. The van der Waals surface area contributed by atoms with Crippen LogP contribution < -0.4 is 15.4 Å². The molecule has 3 aromatic rings. The summed E-state index contributed by atoms with van der Waals surface area (Å²) in [5.74, 6) is 0.149. The third-order valence-electron chi connectivity index (χ3n) is 6.08. The molecule has 3 amide bonds. The molecule has 4 rings (SSSR count). The van der Waals surface area contributed by atoms with Gasteiger partial charge < -0.3 is 14.6 Å². The van der Waals surface area contributed by atoms with E-state index >= 15 is 0 Å². The SMILES string of the molecule is CCC1(c2ccc(NC(=O)Cn3ccc4cc(OC)ccc43)cc2)CCC(=O)NC1=O. The molecule has 2 heterocycles. The number of carbonyl (C=O) groups excluding carboxylic acids is 3. The number of amides is 3. The van der Waals surface area contributed by atoms with Gasteiger partial charge in [-0.25, -0.2) is 0 Å². The van der Waals surface area contributed by atoms with Crippen molar-refractivity contribution in [3.05, 3.63) is 60.3 Å². The Morgan fingerprint density at radius 2 is 1.94 bits per heavy atom. The van der Waals surface area contributed by atoms with Gasteiger partial charge in [0.25, 0.3) is 0 Å². The lowest BCUT2D eigenvalue weighted by Gasteiger charge is -2.35. The Morgan fingerprint density at radius 3 is 2.61 bits per heavy atom. The smallest absolute Gasteiger partial charge is 0.244 e. The summed E-state index contributed by atoms with van der Waals surface area (Å²) >= 11 is 0. The average Bonchev–Trinajstić information content (AvgIpc) is 3.16. The first kappa shape index (κ1) is 20.7. The zero-order chi connectivity index (χ0) is 22.0. The highest BCUT2D eigenvalue weighted by molar-refractivity contribution is 6.03. The van der Waals surface area contributed by atoms with E-state index < -0.39 is 5.41 Å². The van der Waals surface area contributed by atoms with E-state index in [0.29, 0.717) is 24.9 Å². The number of rotatable bonds is 6. The second kappa shape index (κ2) is 8.26. The highest BCUT2D eigenvalue weighted by Crippen LogP contribution is 2.36. The molecule has 2 aromatic carbocycles. The summed E-state index contributed by atoms with van der Waals surface area (Å²) < 4.78 is 7.12. The molecule has 1 aromatic heterocycles. The van der Waals surface area contributed by atoms with Gasteiger partial charge in [-0.2, -0.15) is 0 Å². The van der Waals surface area contributed by atoms with E-state index in [4.69, 9.17) is 4.74 Å². The largest absolute Gasteiger partial charge is 0.497 e.